The molecule has 98 valence electrons. The zero-order valence-corrected chi connectivity index (χ0v) is 11.0. The second kappa shape index (κ2) is 4.63. The van der Waals surface area contributed by atoms with Crippen LogP contribution in [0, 0.1) is 18.3 Å². The van der Waals surface area contributed by atoms with Crippen molar-refractivity contribution >= 4 is 0 Å². The fourth-order valence-electron chi connectivity index (χ4n) is 1.98. The van der Waals surface area contributed by atoms with E-state index in [4.69, 9.17) is 9.78 Å². The molecule has 0 saturated heterocycles. The monoisotopic (exact) mass is 265 g/mol. The molecule has 0 atom stereocenters. The maximum Gasteiger partial charge on any atom is 0.258 e. The molecular weight excluding hydrogens is 254 g/mol. The van der Waals surface area contributed by atoms with Gasteiger partial charge in [-0.05, 0) is 30.7 Å². The van der Waals surface area contributed by atoms with E-state index < -0.39 is 0 Å². The van der Waals surface area contributed by atoms with Gasteiger partial charge in [-0.15, -0.1) is 0 Å². The van der Waals surface area contributed by atoms with Crippen molar-refractivity contribution in [3.05, 3.63) is 41.7 Å². The van der Waals surface area contributed by atoms with Gasteiger partial charge in [-0.2, -0.15) is 10.2 Å². The third-order valence-electron chi connectivity index (χ3n) is 3.03. The van der Waals surface area contributed by atoms with E-state index in [0.29, 0.717) is 23.1 Å². The lowest BCUT2D eigenvalue weighted by Crippen LogP contribution is -1.93. The van der Waals surface area contributed by atoms with Crippen molar-refractivity contribution < 1.29 is 4.52 Å². The second-order valence-corrected chi connectivity index (χ2v) is 4.43. The average molecular weight is 265 g/mol. The average Bonchev–Trinajstić information content (AvgIpc) is 3.07. The largest absolute Gasteiger partial charge is 0.333 e. The Kier molecular flexibility index (Phi) is 2.80. The number of hydrogen-bond acceptors (Lipinski definition) is 5. The van der Waals surface area contributed by atoms with Gasteiger partial charge in [0.15, 0.2) is 5.82 Å². The first kappa shape index (κ1) is 12.1. The highest BCUT2D eigenvalue weighted by Crippen LogP contribution is 2.24. The summed E-state index contributed by atoms with van der Waals surface area (Å²) in [5, 5.41) is 12.8. The van der Waals surface area contributed by atoms with Crippen LogP contribution in [-0.4, -0.2) is 19.7 Å². The van der Waals surface area contributed by atoms with Gasteiger partial charge in [-0.25, -0.2) is 4.98 Å². The number of imidazole rings is 1. The molecular formula is C14H11N5O. The van der Waals surface area contributed by atoms with Crippen LogP contribution < -0.4 is 0 Å². The second-order valence-electron chi connectivity index (χ2n) is 4.43. The predicted molar refractivity (Wildman–Crippen MR) is 71.4 cm³/mol. The lowest BCUT2D eigenvalue weighted by molar-refractivity contribution is 0.431. The number of nitriles is 1. The van der Waals surface area contributed by atoms with E-state index in [9.17, 15) is 0 Å². The highest BCUT2D eigenvalue weighted by molar-refractivity contribution is 5.61. The third-order valence-corrected chi connectivity index (χ3v) is 3.03. The van der Waals surface area contributed by atoms with E-state index in [2.05, 4.69) is 21.2 Å². The Balaban J connectivity index is 2.03. The fourth-order valence-corrected chi connectivity index (χ4v) is 1.98. The summed E-state index contributed by atoms with van der Waals surface area (Å²) in [6.07, 6.45) is 3.50. The molecule has 1 aromatic carbocycles. The molecule has 0 N–H and O–H groups in total. The third kappa shape index (κ3) is 1.95. The summed E-state index contributed by atoms with van der Waals surface area (Å²) in [5.74, 6) is 1.51. The van der Waals surface area contributed by atoms with E-state index >= 15 is 0 Å². The van der Waals surface area contributed by atoms with Crippen molar-refractivity contribution in [3.63, 3.8) is 0 Å². The molecule has 0 aliphatic carbocycles. The van der Waals surface area contributed by atoms with Crippen LogP contribution in [0.2, 0.25) is 0 Å². The summed E-state index contributed by atoms with van der Waals surface area (Å²) in [4.78, 5) is 8.53. The van der Waals surface area contributed by atoms with E-state index in [1.54, 1.807) is 18.3 Å². The Bertz CT molecular complexity index is 809. The zero-order valence-electron chi connectivity index (χ0n) is 11.0. The van der Waals surface area contributed by atoms with E-state index in [0.717, 1.165) is 11.1 Å². The molecule has 3 rings (SSSR count). The molecule has 0 fully saturated rings. The van der Waals surface area contributed by atoms with Crippen molar-refractivity contribution in [2.75, 3.05) is 0 Å². The molecule has 0 amide bonds. The summed E-state index contributed by atoms with van der Waals surface area (Å²) >= 11 is 0. The fraction of sp³-hybridized carbons (Fsp3) is 0.143. The number of hydrogen-bond donors (Lipinski definition) is 0. The van der Waals surface area contributed by atoms with Crippen LogP contribution in [0.25, 0.3) is 23.1 Å². The molecule has 0 radical (unpaired) electrons. The molecule has 2 aromatic heterocycles. The van der Waals surface area contributed by atoms with Crippen LogP contribution in [0.4, 0.5) is 0 Å². The molecule has 0 aliphatic rings. The minimum absolute atomic E-state index is 0.421. The number of nitrogens with zero attached hydrogens (tertiary/aromatic N) is 5. The summed E-state index contributed by atoms with van der Waals surface area (Å²) in [6.45, 7) is 1.90. The highest BCUT2D eigenvalue weighted by Gasteiger charge is 2.15. The van der Waals surface area contributed by atoms with Gasteiger partial charge in [0.2, 0.25) is 5.82 Å². The zero-order chi connectivity index (χ0) is 14.1. The van der Waals surface area contributed by atoms with Crippen LogP contribution in [-0.2, 0) is 7.05 Å². The Labute approximate surface area is 115 Å². The van der Waals surface area contributed by atoms with Crippen LogP contribution in [0.1, 0.15) is 11.1 Å². The highest BCUT2D eigenvalue weighted by atomic mass is 16.5. The Morgan fingerprint density at radius 1 is 1.35 bits per heavy atom. The van der Waals surface area contributed by atoms with E-state index in [1.165, 1.54) is 0 Å². The Morgan fingerprint density at radius 3 is 2.85 bits per heavy atom. The topological polar surface area (TPSA) is 80.5 Å². The van der Waals surface area contributed by atoms with Crippen molar-refractivity contribution in [2.45, 2.75) is 6.92 Å². The number of aryl methyl sites for hydroxylation is 2. The van der Waals surface area contributed by atoms with Crippen molar-refractivity contribution in [1.82, 2.24) is 19.7 Å². The number of rotatable bonds is 2. The SMILES string of the molecule is Cc1cc(C#N)ccc1-c1nc(-c2nccn2C)no1. The molecule has 0 bridgehead atoms. The minimum Gasteiger partial charge on any atom is -0.333 e. The lowest BCUT2D eigenvalue weighted by Gasteiger charge is -2.00. The van der Waals surface area contributed by atoms with Gasteiger partial charge in [0.25, 0.3) is 5.89 Å². The molecule has 0 saturated carbocycles. The standard InChI is InChI=1S/C14H11N5O/c1-9-7-10(8-15)3-4-11(9)14-17-12(18-20-14)13-16-5-6-19(13)2/h3-7H,1-2H3. The lowest BCUT2D eigenvalue weighted by atomic mass is 10.1. The van der Waals surface area contributed by atoms with Crippen LogP contribution >= 0.6 is 0 Å². The molecule has 0 unspecified atom stereocenters. The van der Waals surface area contributed by atoms with Gasteiger partial charge in [-0.1, -0.05) is 5.16 Å². The summed E-state index contributed by atoms with van der Waals surface area (Å²) < 4.78 is 7.11. The molecule has 0 spiro atoms. The summed E-state index contributed by atoms with van der Waals surface area (Å²) in [7, 11) is 1.87. The first-order chi connectivity index (χ1) is 9.69. The normalized spacial score (nSPS) is 10.4. The molecule has 20 heavy (non-hydrogen) atoms. The maximum absolute atomic E-state index is 8.87. The first-order valence-electron chi connectivity index (χ1n) is 6.01. The number of benzene rings is 1. The van der Waals surface area contributed by atoms with Crippen molar-refractivity contribution in [3.8, 4) is 29.2 Å². The molecule has 0 aliphatic heterocycles. The van der Waals surface area contributed by atoms with E-state index in [-0.39, 0.29) is 0 Å². The smallest absolute Gasteiger partial charge is 0.258 e. The van der Waals surface area contributed by atoms with Crippen LogP contribution in [0.3, 0.4) is 0 Å². The van der Waals surface area contributed by atoms with Gasteiger partial charge in [-0.3, -0.25) is 0 Å². The number of aromatic nitrogens is 4. The summed E-state index contributed by atoms with van der Waals surface area (Å²) in [6, 6.07) is 7.43. The van der Waals surface area contributed by atoms with Crippen molar-refractivity contribution in [2.24, 2.45) is 7.05 Å². The molecule has 3 aromatic rings. The van der Waals surface area contributed by atoms with Gasteiger partial charge in [0, 0.05) is 25.0 Å². The first-order valence-corrected chi connectivity index (χ1v) is 6.01. The van der Waals surface area contributed by atoms with Gasteiger partial charge >= 0.3 is 0 Å². The van der Waals surface area contributed by atoms with E-state index in [1.807, 2.05) is 30.8 Å². The predicted octanol–water partition coefficient (Wildman–Crippen LogP) is 2.32. The van der Waals surface area contributed by atoms with Gasteiger partial charge in [0.1, 0.15) is 0 Å². The van der Waals surface area contributed by atoms with Gasteiger partial charge in [0.05, 0.1) is 11.6 Å². The van der Waals surface area contributed by atoms with Crippen molar-refractivity contribution in [1.29, 1.82) is 5.26 Å². The minimum atomic E-state index is 0.421. The molecule has 6 heteroatoms. The Morgan fingerprint density at radius 2 is 2.20 bits per heavy atom. The van der Waals surface area contributed by atoms with Crippen LogP contribution in [0.15, 0.2) is 35.1 Å². The quantitative estimate of drug-likeness (QED) is 0.710. The van der Waals surface area contributed by atoms with Gasteiger partial charge < -0.3 is 9.09 Å². The van der Waals surface area contributed by atoms with Crippen LogP contribution in [0.5, 0.6) is 0 Å². The molecule has 2 heterocycles. The maximum atomic E-state index is 8.87. The Hall–Kier alpha value is -2.94. The summed E-state index contributed by atoms with van der Waals surface area (Å²) in [5.41, 5.74) is 2.34. The molecule has 6 nitrogen and oxygen atoms in total.